The van der Waals surface area contributed by atoms with E-state index in [1.165, 1.54) is 0 Å². The molecule has 0 aromatic rings. The first kappa shape index (κ1) is 15.4. The summed E-state index contributed by atoms with van der Waals surface area (Å²) < 4.78 is 10.8. The van der Waals surface area contributed by atoms with E-state index in [9.17, 15) is 4.79 Å². The smallest absolute Gasteiger partial charge is 0.406 e. The molecule has 0 aliphatic heterocycles. The molecule has 0 fully saturated rings. The molecule has 0 unspecified atom stereocenters. The van der Waals surface area contributed by atoms with Gasteiger partial charge in [0.05, 0.1) is 6.61 Å². The number of alkyl carbamates (subject to hydrolysis) is 1. The number of ether oxygens (including phenoxy) is 1. The predicted octanol–water partition coefficient (Wildman–Crippen LogP) is 2.75. The Hall–Kier alpha value is -0.553. The number of amides is 1. The molecule has 0 rings (SSSR count). The lowest BCUT2D eigenvalue weighted by Crippen LogP contribution is -2.41. The molecule has 5 heteroatoms. The maximum absolute atomic E-state index is 10.8. The zero-order chi connectivity index (χ0) is 12.8. The van der Waals surface area contributed by atoms with Crippen LogP contribution in [0.15, 0.2) is 0 Å². The van der Waals surface area contributed by atoms with E-state index < -0.39 is 8.32 Å². The Morgan fingerprint density at radius 2 is 1.81 bits per heavy atom. The zero-order valence-electron chi connectivity index (χ0n) is 11.3. The van der Waals surface area contributed by atoms with E-state index >= 15 is 0 Å². The normalized spacial score (nSPS) is 12.4. The first-order valence-electron chi connectivity index (χ1n) is 5.69. The summed E-state index contributed by atoms with van der Waals surface area (Å²) in [6.07, 6.45) is 0.368. The van der Waals surface area contributed by atoms with Crippen molar-refractivity contribution in [2.45, 2.75) is 45.3 Å². The lowest BCUT2D eigenvalue weighted by Gasteiger charge is -2.36. The summed E-state index contributed by atoms with van der Waals surface area (Å²) in [5.74, 6) is 0. The first-order valence-corrected chi connectivity index (χ1v) is 8.60. The molecule has 0 atom stereocenters. The summed E-state index contributed by atoms with van der Waals surface area (Å²) in [6.45, 7) is 12.1. The first-order chi connectivity index (χ1) is 7.20. The second-order valence-corrected chi connectivity index (χ2v) is 10.2. The third kappa shape index (κ3) is 5.51. The molecule has 0 bridgehead atoms. The molecular formula is C11H25NO3Si. The number of carbonyl (C=O) groups excluding carboxylic acids is 1. The molecule has 1 amide bonds. The monoisotopic (exact) mass is 247 g/mol. The van der Waals surface area contributed by atoms with Crippen LogP contribution in [0.1, 0.15) is 27.2 Å². The summed E-state index contributed by atoms with van der Waals surface area (Å²) in [4.78, 5) is 10.8. The van der Waals surface area contributed by atoms with Crippen LogP contribution < -0.4 is 5.32 Å². The van der Waals surface area contributed by atoms with Crippen molar-refractivity contribution in [3.05, 3.63) is 0 Å². The van der Waals surface area contributed by atoms with Gasteiger partial charge in [0, 0.05) is 20.1 Å². The molecule has 0 heterocycles. The second kappa shape index (κ2) is 6.25. The maximum Gasteiger partial charge on any atom is 0.406 e. The Morgan fingerprint density at radius 1 is 1.25 bits per heavy atom. The third-order valence-electron chi connectivity index (χ3n) is 3.00. The third-order valence-corrected chi connectivity index (χ3v) is 7.53. The SMILES string of the molecule is CNC(=O)OCCCO[Si](C)(C)C(C)(C)C. The van der Waals surface area contributed by atoms with Crippen LogP contribution in [0.5, 0.6) is 0 Å². The Kier molecular flexibility index (Phi) is 6.03. The van der Waals surface area contributed by atoms with Crippen LogP contribution in [0.4, 0.5) is 4.79 Å². The van der Waals surface area contributed by atoms with E-state index in [-0.39, 0.29) is 11.1 Å². The Labute approximate surface area is 99.8 Å². The standard InChI is InChI=1S/C11H25NO3Si/c1-11(2,3)16(5,6)15-9-7-8-14-10(13)12-4/h7-9H2,1-6H3,(H,12,13). The van der Waals surface area contributed by atoms with Crippen LogP contribution in [0.25, 0.3) is 0 Å². The molecule has 1 N–H and O–H groups in total. The van der Waals surface area contributed by atoms with Gasteiger partial charge in [0.25, 0.3) is 0 Å². The van der Waals surface area contributed by atoms with Crippen molar-refractivity contribution in [1.29, 1.82) is 0 Å². The fourth-order valence-corrected chi connectivity index (χ4v) is 1.93. The van der Waals surface area contributed by atoms with Crippen molar-refractivity contribution >= 4 is 14.4 Å². The van der Waals surface area contributed by atoms with Gasteiger partial charge in [-0.1, -0.05) is 20.8 Å². The summed E-state index contributed by atoms with van der Waals surface area (Å²) in [7, 11) is -0.0964. The van der Waals surface area contributed by atoms with Gasteiger partial charge < -0.3 is 14.5 Å². The summed E-state index contributed by atoms with van der Waals surface area (Å²) in [5.41, 5.74) is 0. The number of carbonyl (C=O) groups is 1. The van der Waals surface area contributed by atoms with Gasteiger partial charge in [0.2, 0.25) is 0 Å². The van der Waals surface area contributed by atoms with Crippen LogP contribution in [-0.4, -0.2) is 34.7 Å². The van der Waals surface area contributed by atoms with Gasteiger partial charge >= 0.3 is 6.09 Å². The van der Waals surface area contributed by atoms with Crippen molar-refractivity contribution < 1.29 is 14.0 Å². The minimum atomic E-state index is -1.65. The summed E-state index contributed by atoms with van der Waals surface area (Å²) in [5, 5.41) is 2.63. The second-order valence-electron chi connectivity index (χ2n) is 5.35. The predicted molar refractivity (Wildman–Crippen MR) is 68.2 cm³/mol. The van der Waals surface area contributed by atoms with Gasteiger partial charge in [-0.3, -0.25) is 0 Å². The molecule has 0 saturated heterocycles. The van der Waals surface area contributed by atoms with E-state index in [4.69, 9.17) is 9.16 Å². The van der Waals surface area contributed by atoms with E-state index in [0.29, 0.717) is 13.2 Å². The minimum absolute atomic E-state index is 0.231. The molecule has 0 aromatic heterocycles. The van der Waals surface area contributed by atoms with E-state index in [1.807, 2.05) is 0 Å². The van der Waals surface area contributed by atoms with Crippen LogP contribution in [0, 0.1) is 0 Å². The molecule has 0 radical (unpaired) electrons. The minimum Gasteiger partial charge on any atom is -0.449 e. The Bertz CT molecular complexity index is 224. The number of rotatable bonds is 5. The van der Waals surface area contributed by atoms with Gasteiger partial charge in [-0.25, -0.2) is 4.79 Å². The van der Waals surface area contributed by atoms with Crippen LogP contribution in [0.2, 0.25) is 18.1 Å². The van der Waals surface area contributed by atoms with Crippen LogP contribution in [0.3, 0.4) is 0 Å². The largest absolute Gasteiger partial charge is 0.449 e. The fraction of sp³-hybridized carbons (Fsp3) is 0.909. The number of hydrogen-bond acceptors (Lipinski definition) is 3. The quantitative estimate of drug-likeness (QED) is 0.600. The van der Waals surface area contributed by atoms with Crippen LogP contribution in [-0.2, 0) is 9.16 Å². The molecule has 0 spiro atoms. The van der Waals surface area contributed by atoms with Crippen molar-refractivity contribution in [3.63, 3.8) is 0 Å². The molecule has 4 nitrogen and oxygen atoms in total. The highest BCUT2D eigenvalue weighted by molar-refractivity contribution is 6.74. The molecule has 0 aliphatic carbocycles. The van der Waals surface area contributed by atoms with Gasteiger partial charge in [-0.05, 0) is 18.1 Å². The highest BCUT2D eigenvalue weighted by Gasteiger charge is 2.36. The summed E-state index contributed by atoms with van der Waals surface area (Å²) >= 11 is 0. The lowest BCUT2D eigenvalue weighted by atomic mass is 10.2. The molecule has 0 aliphatic rings. The van der Waals surface area contributed by atoms with Crippen molar-refractivity contribution in [1.82, 2.24) is 5.32 Å². The van der Waals surface area contributed by atoms with E-state index in [1.54, 1.807) is 7.05 Å². The van der Waals surface area contributed by atoms with E-state index in [2.05, 4.69) is 39.2 Å². The zero-order valence-corrected chi connectivity index (χ0v) is 12.3. The molecule has 96 valence electrons. The molecular weight excluding hydrogens is 222 g/mol. The highest BCUT2D eigenvalue weighted by atomic mass is 28.4. The average Bonchev–Trinajstić information content (AvgIpc) is 2.15. The maximum atomic E-state index is 10.8. The van der Waals surface area contributed by atoms with Gasteiger partial charge in [-0.2, -0.15) is 0 Å². The molecule has 0 saturated carbocycles. The Balaban J connectivity index is 3.71. The van der Waals surface area contributed by atoms with Gasteiger partial charge in [-0.15, -0.1) is 0 Å². The van der Waals surface area contributed by atoms with Gasteiger partial charge in [0.15, 0.2) is 8.32 Å². The number of hydrogen-bond donors (Lipinski definition) is 1. The van der Waals surface area contributed by atoms with Crippen molar-refractivity contribution in [2.75, 3.05) is 20.3 Å². The lowest BCUT2D eigenvalue weighted by molar-refractivity contribution is 0.138. The topological polar surface area (TPSA) is 47.6 Å². The van der Waals surface area contributed by atoms with Gasteiger partial charge in [0.1, 0.15) is 0 Å². The number of nitrogens with one attached hydrogen (secondary N) is 1. The van der Waals surface area contributed by atoms with Crippen LogP contribution >= 0.6 is 0 Å². The summed E-state index contributed by atoms with van der Waals surface area (Å²) in [6, 6.07) is 0. The van der Waals surface area contributed by atoms with Crippen molar-refractivity contribution in [3.8, 4) is 0 Å². The fourth-order valence-electron chi connectivity index (χ4n) is 0.840. The molecule has 0 aromatic carbocycles. The van der Waals surface area contributed by atoms with Crippen molar-refractivity contribution in [2.24, 2.45) is 0 Å². The Morgan fingerprint density at radius 3 is 2.25 bits per heavy atom. The molecule has 16 heavy (non-hydrogen) atoms. The average molecular weight is 247 g/mol. The van der Waals surface area contributed by atoms with E-state index in [0.717, 1.165) is 6.42 Å². The highest BCUT2D eigenvalue weighted by Crippen LogP contribution is 2.36.